The Bertz CT molecular complexity index is 702. The summed E-state index contributed by atoms with van der Waals surface area (Å²) in [6.07, 6.45) is 3.79. The highest BCUT2D eigenvalue weighted by Gasteiger charge is 2.24. The summed E-state index contributed by atoms with van der Waals surface area (Å²) in [5.41, 5.74) is 1.83. The van der Waals surface area contributed by atoms with Crippen LogP contribution >= 0.6 is 11.5 Å². The number of hydrogen-bond donors (Lipinski definition) is 1. The largest absolute Gasteiger partial charge is 0.355 e. The Kier molecular flexibility index (Phi) is 5.40. The Morgan fingerprint density at radius 2 is 2.33 bits per heavy atom. The quantitative estimate of drug-likeness (QED) is 0.902. The van der Waals surface area contributed by atoms with E-state index >= 15 is 0 Å². The number of anilines is 1. The van der Waals surface area contributed by atoms with E-state index in [2.05, 4.69) is 31.7 Å². The van der Waals surface area contributed by atoms with Gasteiger partial charge < -0.3 is 10.2 Å². The van der Waals surface area contributed by atoms with Crippen LogP contribution in [-0.2, 0) is 6.42 Å². The summed E-state index contributed by atoms with van der Waals surface area (Å²) in [5.74, 6) is 0.942. The van der Waals surface area contributed by atoms with E-state index in [1.54, 1.807) is 0 Å². The summed E-state index contributed by atoms with van der Waals surface area (Å²) < 4.78 is 3.94. The maximum Gasteiger partial charge on any atom is 0.265 e. The zero-order valence-electron chi connectivity index (χ0n) is 14.2. The molecule has 1 unspecified atom stereocenters. The smallest absolute Gasteiger partial charge is 0.265 e. The highest BCUT2D eigenvalue weighted by Crippen LogP contribution is 2.19. The first-order chi connectivity index (χ1) is 11.7. The van der Waals surface area contributed by atoms with Gasteiger partial charge in [0.2, 0.25) is 0 Å². The second-order valence-corrected chi connectivity index (χ2v) is 6.95. The van der Waals surface area contributed by atoms with E-state index in [1.165, 1.54) is 11.5 Å². The highest BCUT2D eigenvalue weighted by atomic mass is 32.1. The minimum atomic E-state index is -0.0440. The third-order valence-corrected chi connectivity index (χ3v) is 4.97. The van der Waals surface area contributed by atoms with Gasteiger partial charge in [-0.15, -0.1) is 5.10 Å². The Morgan fingerprint density at radius 3 is 3.12 bits per heavy atom. The molecule has 1 N–H and O–H groups in total. The summed E-state index contributed by atoms with van der Waals surface area (Å²) in [7, 11) is 0. The van der Waals surface area contributed by atoms with Crippen molar-refractivity contribution >= 4 is 23.3 Å². The molecule has 1 fully saturated rings. The molecule has 2 aromatic heterocycles. The van der Waals surface area contributed by atoms with Crippen LogP contribution in [0.4, 0.5) is 5.82 Å². The molecule has 0 aromatic carbocycles. The van der Waals surface area contributed by atoms with Gasteiger partial charge >= 0.3 is 0 Å². The Hall–Kier alpha value is -2.02. The number of rotatable bonds is 5. The van der Waals surface area contributed by atoms with Crippen molar-refractivity contribution in [3.05, 3.63) is 34.5 Å². The number of carbonyl (C=O) groups is 1. The SMILES string of the molecule is CCCc1nnsc1C(=O)NC1CCCN(c2cccc(C)n2)C1. The number of amides is 1. The van der Waals surface area contributed by atoms with Crippen molar-refractivity contribution in [1.29, 1.82) is 0 Å². The van der Waals surface area contributed by atoms with Crippen LogP contribution in [0.15, 0.2) is 18.2 Å². The molecule has 1 amide bonds. The van der Waals surface area contributed by atoms with Gasteiger partial charge in [0, 0.05) is 24.8 Å². The Balaban J connectivity index is 1.65. The molecule has 1 aliphatic rings. The van der Waals surface area contributed by atoms with Gasteiger partial charge in [-0.25, -0.2) is 4.98 Å². The average Bonchev–Trinajstić information content (AvgIpc) is 3.04. The number of hydrogen-bond acceptors (Lipinski definition) is 6. The second-order valence-electron chi connectivity index (χ2n) is 6.19. The fourth-order valence-corrected chi connectivity index (χ4v) is 3.65. The number of pyridine rings is 1. The van der Waals surface area contributed by atoms with Crippen molar-refractivity contribution in [2.75, 3.05) is 18.0 Å². The van der Waals surface area contributed by atoms with Gasteiger partial charge in [-0.2, -0.15) is 0 Å². The monoisotopic (exact) mass is 345 g/mol. The fourth-order valence-electron chi connectivity index (χ4n) is 3.04. The van der Waals surface area contributed by atoms with Crippen LogP contribution in [0.2, 0.25) is 0 Å². The van der Waals surface area contributed by atoms with Crippen LogP contribution in [-0.4, -0.2) is 39.6 Å². The molecule has 7 heteroatoms. The minimum Gasteiger partial charge on any atom is -0.355 e. The number of nitrogens with one attached hydrogen (secondary N) is 1. The van der Waals surface area contributed by atoms with Gasteiger partial charge in [0.05, 0.1) is 5.69 Å². The van der Waals surface area contributed by atoms with Gasteiger partial charge in [0.15, 0.2) is 0 Å². The lowest BCUT2D eigenvalue weighted by molar-refractivity contribution is 0.0936. The van der Waals surface area contributed by atoms with E-state index in [1.807, 2.05) is 25.1 Å². The molecule has 1 atom stereocenters. The maximum atomic E-state index is 12.6. The second kappa shape index (κ2) is 7.70. The predicted octanol–water partition coefficient (Wildman–Crippen LogP) is 2.59. The van der Waals surface area contributed by atoms with Crippen molar-refractivity contribution in [1.82, 2.24) is 19.9 Å². The molecule has 3 rings (SSSR count). The molecule has 1 aliphatic heterocycles. The summed E-state index contributed by atoms with van der Waals surface area (Å²) in [5, 5.41) is 7.24. The van der Waals surface area contributed by atoms with Crippen molar-refractivity contribution in [3.8, 4) is 0 Å². The van der Waals surface area contributed by atoms with Crippen molar-refractivity contribution in [2.45, 2.75) is 45.6 Å². The molecule has 2 aromatic rings. The Morgan fingerprint density at radius 1 is 1.46 bits per heavy atom. The number of piperidine rings is 1. The number of carbonyl (C=O) groups excluding carboxylic acids is 1. The van der Waals surface area contributed by atoms with Gasteiger partial charge in [-0.1, -0.05) is 23.9 Å². The van der Waals surface area contributed by atoms with E-state index in [9.17, 15) is 4.79 Å². The third-order valence-electron chi connectivity index (χ3n) is 4.20. The van der Waals surface area contributed by atoms with Crippen LogP contribution < -0.4 is 10.2 Å². The lowest BCUT2D eigenvalue weighted by Gasteiger charge is -2.34. The average molecular weight is 345 g/mol. The Labute approximate surface area is 146 Å². The molecule has 0 spiro atoms. The molecule has 3 heterocycles. The molecule has 128 valence electrons. The molecule has 1 saturated heterocycles. The van der Waals surface area contributed by atoms with Crippen molar-refractivity contribution in [2.24, 2.45) is 0 Å². The topological polar surface area (TPSA) is 71.0 Å². The fraction of sp³-hybridized carbons (Fsp3) is 0.529. The predicted molar refractivity (Wildman–Crippen MR) is 95.6 cm³/mol. The number of nitrogens with zero attached hydrogens (tertiary/aromatic N) is 4. The summed E-state index contributed by atoms with van der Waals surface area (Å²) in [4.78, 5) is 20.1. The summed E-state index contributed by atoms with van der Waals surface area (Å²) in [6, 6.07) is 6.19. The van der Waals surface area contributed by atoms with Gasteiger partial charge in [-0.3, -0.25) is 4.79 Å². The van der Waals surface area contributed by atoms with Gasteiger partial charge in [0.1, 0.15) is 10.7 Å². The molecule has 0 radical (unpaired) electrons. The van der Waals surface area contributed by atoms with Crippen LogP contribution in [0, 0.1) is 6.92 Å². The standard InChI is InChI=1S/C17H23N5OS/c1-3-6-14-16(24-21-20-14)17(23)19-13-8-5-10-22(11-13)15-9-4-7-12(2)18-15/h4,7,9,13H,3,5-6,8,10-11H2,1-2H3,(H,19,23). The van der Waals surface area contributed by atoms with Crippen LogP contribution in [0.1, 0.15) is 47.2 Å². The first-order valence-corrected chi connectivity index (χ1v) is 9.25. The maximum absolute atomic E-state index is 12.6. The molecule has 24 heavy (non-hydrogen) atoms. The zero-order valence-corrected chi connectivity index (χ0v) is 15.0. The molecule has 0 aliphatic carbocycles. The van der Waals surface area contributed by atoms with Crippen molar-refractivity contribution < 1.29 is 4.79 Å². The van der Waals surface area contributed by atoms with Crippen LogP contribution in [0.25, 0.3) is 0 Å². The zero-order chi connectivity index (χ0) is 16.9. The minimum absolute atomic E-state index is 0.0440. The molecule has 0 saturated carbocycles. The normalized spacial score (nSPS) is 17.8. The number of aryl methyl sites for hydroxylation is 2. The van der Waals surface area contributed by atoms with Gasteiger partial charge in [-0.05, 0) is 49.9 Å². The summed E-state index contributed by atoms with van der Waals surface area (Å²) >= 11 is 1.19. The highest BCUT2D eigenvalue weighted by molar-refractivity contribution is 7.08. The van der Waals surface area contributed by atoms with E-state index in [-0.39, 0.29) is 11.9 Å². The molecular formula is C17H23N5OS. The lowest BCUT2D eigenvalue weighted by Crippen LogP contribution is -2.48. The lowest BCUT2D eigenvalue weighted by atomic mass is 10.1. The first-order valence-electron chi connectivity index (χ1n) is 8.48. The van der Waals surface area contributed by atoms with Crippen LogP contribution in [0.5, 0.6) is 0 Å². The van der Waals surface area contributed by atoms with Gasteiger partial charge in [0.25, 0.3) is 5.91 Å². The van der Waals surface area contributed by atoms with Crippen LogP contribution in [0.3, 0.4) is 0 Å². The molecule has 0 bridgehead atoms. The molecular weight excluding hydrogens is 322 g/mol. The van der Waals surface area contributed by atoms with E-state index in [4.69, 9.17) is 0 Å². The number of aromatic nitrogens is 3. The first kappa shape index (κ1) is 16.8. The van der Waals surface area contributed by atoms with E-state index in [0.29, 0.717) is 4.88 Å². The summed E-state index contributed by atoms with van der Waals surface area (Å²) in [6.45, 7) is 5.84. The third kappa shape index (κ3) is 3.90. The van der Waals surface area contributed by atoms with Crippen molar-refractivity contribution in [3.63, 3.8) is 0 Å². The van der Waals surface area contributed by atoms with E-state index in [0.717, 1.165) is 56.0 Å². The van der Waals surface area contributed by atoms with E-state index < -0.39 is 0 Å². The molecule has 6 nitrogen and oxygen atoms in total.